The Morgan fingerprint density at radius 3 is 2.68 bits per heavy atom. The van der Waals surface area contributed by atoms with Crippen LogP contribution < -0.4 is 5.32 Å². The Kier molecular flexibility index (Phi) is 4.97. The van der Waals surface area contributed by atoms with Crippen molar-refractivity contribution in [1.82, 2.24) is 5.32 Å². The molecule has 0 aromatic heterocycles. The second-order valence-corrected chi connectivity index (χ2v) is 5.63. The van der Waals surface area contributed by atoms with Gasteiger partial charge >= 0.3 is 0 Å². The quantitative estimate of drug-likeness (QED) is 0.816. The summed E-state index contributed by atoms with van der Waals surface area (Å²) in [6.07, 6.45) is 0. The first kappa shape index (κ1) is 14.5. The third-order valence-electron chi connectivity index (χ3n) is 2.97. The standard InChI is InChI=1S/C15H14BrClFN/c1-10(12-4-2-3-5-14(12)17)19-9-11-6-7-15(18)13(16)8-11/h2-8,10,19H,9H2,1H3/t10-/m1/s1. The van der Waals surface area contributed by atoms with Crippen LogP contribution in [0, 0.1) is 5.82 Å². The molecule has 0 heterocycles. The monoisotopic (exact) mass is 341 g/mol. The van der Waals surface area contributed by atoms with Gasteiger partial charge in [0.25, 0.3) is 0 Å². The molecular formula is C15H14BrClFN. The van der Waals surface area contributed by atoms with Crippen molar-refractivity contribution >= 4 is 27.5 Å². The second-order valence-electron chi connectivity index (χ2n) is 4.37. The van der Waals surface area contributed by atoms with Gasteiger partial charge < -0.3 is 5.32 Å². The average molecular weight is 343 g/mol. The van der Waals surface area contributed by atoms with Crippen LogP contribution in [0.4, 0.5) is 4.39 Å². The van der Waals surface area contributed by atoms with Crippen molar-refractivity contribution in [1.29, 1.82) is 0 Å². The molecule has 2 aromatic rings. The Balaban J connectivity index is 2.02. The Labute approximate surface area is 125 Å². The molecule has 1 nitrogen and oxygen atoms in total. The van der Waals surface area contributed by atoms with Gasteiger partial charge in [0.15, 0.2) is 0 Å². The summed E-state index contributed by atoms with van der Waals surface area (Å²) < 4.78 is 13.6. The van der Waals surface area contributed by atoms with Crippen LogP contribution >= 0.6 is 27.5 Å². The molecule has 0 aliphatic carbocycles. The van der Waals surface area contributed by atoms with E-state index in [0.29, 0.717) is 11.0 Å². The topological polar surface area (TPSA) is 12.0 Å². The van der Waals surface area contributed by atoms with Crippen LogP contribution in [0.3, 0.4) is 0 Å². The Bertz CT molecular complexity index is 574. The molecule has 1 atom stereocenters. The first-order valence-corrected chi connectivity index (χ1v) is 7.17. The van der Waals surface area contributed by atoms with Crippen molar-refractivity contribution < 1.29 is 4.39 Å². The lowest BCUT2D eigenvalue weighted by Gasteiger charge is -2.15. The molecule has 0 amide bonds. The fraction of sp³-hybridized carbons (Fsp3) is 0.200. The molecule has 4 heteroatoms. The van der Waals surface area contributed by atoms with Gasteiger partial charge in [-0.25, -0.2) is 4.39 Å². The number of benzene rings is 2. The number of hydrogen-bond acceptors (Lipinski definition) is 1. The molecule has 0 aliphatic rings. The lowest BCUT2D eigenvalue weighted by Crippen LogP contribution is -2.18. The van der Waals surface area contributed by atoms with E-state index in [1.165, 1.54) is 6.07 Å². The maximum absolute atomic E-state index is 13.1. The van der Waals surface area contributed by atoms with Gasteiger partial charge in [0.2, 0.25) is 0 Å². The first-order valence-electron chi connectivity index (χ1n) is 5.99. The molecule has 100 valence electrons. The highest BCUT2D eigenvalue weighted by atomic mass is 79.9. The zero-order valence-electron chi connectivity index (χ0n) is 10.5. The van der Waals surface area contributed by atoms with Crippen LogP contribution in [0.1, 0.15) is 24.1 Å². The van der Waals surface area contributed by atoms with E-state index in [1.54, 1.807) is 12.1 Å². The maximum atomic E-state index is 13.1. The van der Waals surface area contributed by atoms with E-state index in [0.717, 1.165) is 16.1 Å². The minimum atomic E-state index is -0.247. The van der Waals surface area contributed by atoms with Crippen LogP contribution in [-0.2, 0) is 6.54 Å². The van der Waals surface area contributed by atoms with E-state index in [9.17, 15) is 4.39 Å². The number of nitrogens with one attached hydrogen (secondary N) is 1. The lowest BCUT2D eigenvalue weighted by atomic mass is 10.1. The van der Waals surface area contributed by atoms with Gasteiger partial charge in [0, 0.05) is 17.6 Å². The van der Waals surface area contributed by atoms with Gasteiger partial charge in [0.1, 0.15) is 5.82 Å². The van der Waals surface area contributed by atoms with Crippen LogP contribution in [0.5, 0.6) is 0 Å². The molecule has 0 saturated heterocycles. The van der Waals surface area contributed by atoms with Gasteiger partial charge in [-0.1, -0.05) is 35.9 Å². The number of hydrogen-bond donors (Lipinski definition) is 1. The predicted molar refractivity (Wildman–Crippen MR) is 80.8 cm³/mol. The third-order valence-corrected chi connectivity index (χ3v) is 3.92. The van der Waals surface area contributed by atoms with Crippen molar-refractivity contribution in [2.45, 2.75) is 19.5 Å². The van der Waals surface area contributed by atoms with Crippen molar-refractivity contribution in [3.8, 4) is 0 Å². The average Bonchev–Trinajstić information content (AvgIpc) is 2.40. The molecule has 0 aliphatic heterocycles. The van der Waals surface area contributed by atoms with Gasteiger partial charge in [-0.15, -0.1) is 0 Å². The molecule has 19 heavy (non-hydrogen) atoms. The van der Waals surface area contributed by atoms with Gasteiger partial charge in [-0.2, -0.15) is 0 Å². The SMILES string of the molecule is C[C@@H](NCc1ccc(F)c(Br)c1)c1ccccc1Cl. The molecule has 0 bridgehead atoms. The van der Waals surface area contributed by atoms with Crippen LogP contribution in [0.2, 0.25) is 5.02 Å². The summed E-state index contributed by atoms with van der Waals surface area (Å²) in [6.45, 7) is 2.71. The number of rotatable bonds is 4. The summed E-state index contributed by atoms with van der Waals surface area (Å²) in [4.78, 5) is 0. The maximum Gasteiger partial charge on any atom is 0.137 e. The van der Waals surface area contributed by atoms with E-state index in [-0.39, 0.29) is 11.9 Å². The summed E-state index contributed by atoms with van der Waals surface area (Å²) in [5.74, 6) is -0.247. The molecule has 2 rings (SSSR count). The summed E-state index contributed by atoms with van der Waals surface area (Å²) in [5, 5.41) is 4.13. The summed E-state index contributed by atoms with van der Waals surface area (Å²) >= 11 is 9.34. The van der Waals surface area contributed by atoms with Crippen molar-refractivity contribution in [3.63, 3.8) is 0 Å². The van der Waals surface area contributed by atoms with Gasteiger partial charge in [-0.05, 0) is 52.2 Å². The van der Waals surface area contributed by atoms with Crippen LogP contribution in [0.15, 0.2) is 46.9 Å². The normalized spacial score (nSPS) is 12.4. The minimum Gasteiger partial charge on any atom is -0.306 e. The Morgan fingerprint density at radius 2 is 2.00 bits per heavy atom. The Hall–Kier alpha value is -0.900. The van der Waals surface area contributed by atoms with E-state index < -0.39 is 0 Å². The highest BCUT2D eigenvalue weighted by molar-refractivity contribution is 9.10. The van der Waals surface area contributed by atoms with Crippen molar-refractivity contribution in [2.75, 3.05) is 0 Å². The third kappa shape index (κ3) is 3.78. The lowest BCUT2D eigenvalue weighted by molar-refractivity contribution is 0.572. The van der Waals surface area contributed by atoms with Gasteiger partial charge in [-0.3, -0.25) is 0 Å². The summed E-state index contributed by atoms with van der Waals surface area (Å²) in [6, 6.07) is 12.9. The summed E-state index contributed by atoms with van der Waals surface area (Å²) in [7, 11) is 0. The van der Waals surface area contributed by atoms with Crippen LogP contribution in [0.25, 0.3) is 0 Å². The highest BCUT2D eigenvalue weighted by Crippen LogP contribution is 2.23. The number of halogens is 3. The predicted octanol–water partition coefficient (Wildman–Crippen LogP) is 5.09. The van der Waals surface area contributed by atoms with E-state index in [4.69, 9.17) is 11.6 Å². The van der Waals surface area contributed by atoms with Crippen molar-refractivity contribution in [2.24, 2.45) is 0 Å². The van der Waals surface area contributed by atoms with Crippen molar-refractivity contribution in [3.05, 3.63) is 68.9 Å². The van der Waals surface area contributed by atoms with E-state index >= 15 is 0 Å². The zero-order valence-corrected chi connectivity index (χ0v) is 12.8. The van der Waals surface area contributed by atoms with E-state index in [2.05, 4.69) is 28.2 Å². The second kappa shape index (κ2) is 6.51. The molecular weight excluding hydrogens is 329 g/mol. The fourth-order valence-electron chi connectivity index (χ4n) is 1.86. The molecule has 0 spiro atoms. The molecule has 0 saturated carbocycles. The minimum absolute atomic E-state index is 0.137. The van der Waals surface area contributed by atoms with Gasteiger partial charge in [0.05, 0.1) is 4.47 Å². The van der Waals surface area contributed by atoms with Crippen LogP contribution in [-0.4, -0.2) is 0 Å². The largest absolute Gasteiger partial charge is 0.306 e. The van der Waals surface area contributed by atoms with E-state index in [1.807, 2.05) is 24.3 Å². The highest BCUT2D eigenvalue weighted by Gasteiger charge is 2.08. The first-order chi connectivity index (χ1) is 9.08. The Morgan fingerprint density at radius 1 is 1.26 bits per heavy atom. The molecule has 1 N–H and O–H groups in total. The molecule has 0 unspecified atom stereocenters. The molecule has 0 radical (unpaired) electrons. The summed E-state index contributed by atoms with van der Waals surface area (Å²) in [5.41, 5.74) is 2.08. The zero-order chi connectivity index (χ0) is 13.8. The molecule has 2 aromatic carbocycles. The molecule has 0 fully saturated rings. The fourth-order valence-corrected chi connectivity index (χ4v) is 2.58. The smallest absolute Gasteiger partial charge is 0.137 e.